The van der Waals surface area contributed by atoms with E-state index >= 15 is 8.78 Å². The number of ether oxygens (including phenoxy) is 1. The first-order valence-corrected chi connectivity index (χ1v) is 15.0. The molecule has 0 aliphatic heterocycles. The van der Waals surface area contributed by atoms with Crippen molar-refractivity contribution in [1.82, 2.24) is 0 Å². The fourth-order valence-electron chi connectivity index (χ4n) is 6.70. The number of aliphatic hydroxyl groups excluding tert-OH is 1. The van der Waals surface area contributed by atoms with E-state index in [9.17, 15) is 9.50 Å². The molecule has 1 aromatic rings. The number of rotatable bonds is 12. The van der Waals surface area contributed by atoms with Crippen LogP contribution in [0.1, 0.15) is 76.7 Å². The van der Waals surface area contributed by atoms with Gasteiger partial charge in [0.15, 0.2) is 0 Å². The van der Waals surface area contributed by atoms with Gasteiger partial charge in [0, 0.05) is 23.8 Å². The number of aryl methyl sites for hydroxylation is 1. The third kappa shape index (κ3) is 7.68. The summed E-state index contributed by atoms with van der Waals surface area (Å²) in [5.74, 6) is -1.07. The van der Waals surface area contributed by atoms with Crippen molar-refractivity contribution in [2.24, 2.45) is 35.5 Å². The number of benzene rings is 1. The molecule has 0 fully saturated rings. The van der Waals surface area contributed by atoms with Gasteiger partial charge in [0.2, 0.25) is 0 Å². The van der Waals surface area contributed by atoms with Crippen molar-refractivity contribution in [3.8, 4) is 5.75 Å². The van der Waals surface area contributed by atoms with Gasteiger partial charge in [0.1, 0.15) is 23.2 Å². The topological polar surface area (TPSA) is 29.5 Å². The highest BCUT2D eigenvalue weighted by Gasteiger charge is 2.39. The number of halogens is 3. The van der Waals surface area contributed by atoms with Gasteiger partial charge >= 0.3 is 0 Å². The normalized spacial score (nSPS) is 29.9. The number of aliphatic hydroxyl groups is 1. The molecule has 1 aromatic carbocycles. The molecule has 0 heterocycles. The Morgan fingerprint density at radius 1 is 0.949 bits per heavy atom. The van der Waals surface area contributed by atoms with Crippen molar-refractivity contribution in [2.45, 2.75) is 83.7 Å². The van der Waals surface area contributed by atoms with Crippen LogP contribution >= 0.6 is 0 Å². The average Bonchev–Trinajstić information content (AvgIpc) is 2.95. The van der Waals surface area contributed by atoms with Crippen LogP contribution in [0.3, 0.4) is 0 Å². The Labute approximate surface area is 232 Å². The van der Waals surface area contributed by atoms with Crippen LogP contribution in [0.4, 0.5) is 13.2 Å². The van der Waals surface area contributed by atoms with Crippen molar-refractivity contribution in [3.63, 3.8) is 0 Å². The first kappa shape index (κ1) is 29.7. The van der Waals surface area contributed by atoms with E-state index in [-0.39, 0.29) is 41.5 Å². The second-order valence-electron chi connectivity index (χ2n) is 11.7. The summed E-state index contributed by atoms with van der Waals surface area (Å²) in [6.45, 7) is 6.20. The highest BCUT2D eigenvalue weighted by atomic mass is 19.2. The van der Waals surface area contributed by atoms with Crippen molar-refractivity contribution < 1.29 is 23.0 Å². The maximum atomic E-state index is 15.3. The fraction of sp³-hybridized carbons (Fsp3) is 0.588. The van der Waals surface area contributed by atoms with E-state index in [1.165, 1.54) is 6.07 Å². The zero-order valence-electron chi connectivity index (χ0n) is 23.3. The molecule has 0 amide bonds. The van der Waals surface area contributed by atoms with Gasteiger partial charge in [-0.05, 0) is 93.6 Å². The van der Waals surface area contributed by atoms with E-state index in [2.05, 4.69) is 25.7 Å². The van der Waals surface area contributed by atoms with E-state index in [1.807, 2.05) is 18.2 Å². The Balaban J connectivity index is 1.28. The second-order valence-corrected chi connectivity index (χ2v) is 11.7. The third-order valence-corrected chi connectivity index (χ3v) is 9.12. The predicted octanol–water partition coefficient (Wildman–Crippen LogP) is 9.22. The number of hydrogen-bond donors (Lipinski definition) is 1. The minimum atomic E-state index is -0.545. The smallest absolute Gasteiger partial charge is 0.135 e. The molecule has 2 nitrogen and oxygen atoms in total. The van der Waals surface area contributed by atoms with Crippen LogP contribution in [-0.2, 0) is 6.42 Å². The van der Waals surface area contributed by atoms with Crippen LogP contribution in [0.15, 0.2) is 66.8 Å². The largest absolute Gasteiger partial charge is 0.493 e. The molecule has 0 saturated carbocycles. The lowest BCUT2D eigenvalue weighted by Crippen LogP contribution is -2.29. The average molecular weight is 543 g/mol. The van der Waals surface area contributed by atoms with E-state index in [0.717, 1.165) is 51.4 Å². The molecule has 0 bridgehead atoms. The van der Waals surface area contributed by atoms with Gasteiger partial charge in [-0.15, -0.1) is 6.58 Å². The molecule has 0 radical (unpaired) electrons. The molecule has 0 spiro atoms. The maximum absolute atomic E-state index is 15.3. The molecule has 39 heavy (non-hydrogen) atoms. The van der Waals surface area contributed by atoms with Gasteiger partial charge in [0.25, 0.3) is 0 Å². The van der Waals surface area contributed by atoms with Crippen molar-refractivity contribution in [2.75, 3.05) is 6.61 Å². The van der Waals surface area contributed by atoms with Crippen LogP contribution in [0.5, 0.6) is 5.75 Å². The lowest BCUT2D eigenvalue weighted by molar-refractivity contribution is 0.105. The van der Waals surface area contributed by atoms with Crippen LogP contribution in [-0.4, -0.2) is 17.8 Å². The molecule has 4 rings (SSSR count). The molecule has 7 unspecified atom stereocenters. The monoisotopic (exact) mass is 542 g/mol. The Morgan fingerprint density at radius 2 is 1.64 bits per heavy atom. The molecule has 1 N–H and O–H groups in total. The van der Waals surface area contributed by atoms with Gasteiger partial charge < -0.3 is 9.84 Å². The molecular weight excluding hydrogens is 497 g/mol. The minimum Gasteiger partial charge on any atom is -0.493 e. The van der Waals surface area contributed by atoms with Gasteiger partial charge in [-0.1, -0.05) is 49.8 Å². The fourth-order valence-corrected chi connectivity index (χ4v) is 6.70. The summed E-state index contributed by atoms with van der Waals surface area (Å²) in [6, 6.07) is 5.05. The lowest BCUT2D eigenvalue weighted by Gasteiger charge is -2.37. The van der Waals surface area contributed by atoms with E-state index in [0.29, 0.717) is 43.1 Å². The van der Waals surface area contributed by atoms with Gasteiger partial charge in [0.05, 0.1) is 12.7 Å². The summed E-state index contributed by atoms with van der Waals surface area (Å²) in [4.78, 5) is 0. The molecule has 0 aromatic heterocycles. The van der Waals surface area contributed by atoms with Crippen molar-refractivity contribution in [3.05, 3.63) is 78.2 Å². The summed E-state index contributed by atoms with van der Waals surface area (Å²) >= 11 is 0. The van der Waals surface area contributed by atoms with E-state index < -0.39 is 11.7 Å². The summed E-state index contributed by atoms with van der Waals surface area (Å²) in [7, 11) is 0. The zero-order chi connectivity index (χ0) is 27.8. The molecule has 3 aliphatic carbocycles. The first-order valence-electron chi connectivity index (χ1n) is 15.0. The van der Waals surface area contributed by atoms with Crippen LogP contribution in [0.25, 0.3) is 0 Å². The molecule has 7 atom stereocenters. The number of allylic oxidation sites excluding steroid dienone is 5. The van der Waals surface area contributed by atoms with Crippen molar-refractivity contribution >= 4 is 0 Å². The Bertz CT molecular complexity index is 1040. The quantitative estimate of drug-likeness (QED) is 0.211. The maximum Gasteiger partial charge on any atom is 0.135 e. The highest BCUT2D eigenvalue weighted by molar-refractivity contribution is 5.29. The van der Waals surface area contributed by atoms with Gasteiger partial charge in [-0.3, -0.25) is 0 Å². The second kappa shape index (κ2) is 14.4. The summed E-state index contributed by atoms with van der Waals surface area (Å²) in [5, 5.41) is 10.3. The van der Waals surface area contributed by atoms with Crippen LogP contribution < -0.4 is 4.74 Å². The predicted molar refractivity (Wildman–Crippen MR) is 152 cm³/mol. The van der Waals surface area contributed by atoms with Crippen LogP contribution in [0, 0.1) is 41.3 Å². The molecule has 3 aliphatic rings. The van der Waals surface area contributed by atoms with Crippen LogP contribution in [0.2, 0.25) is 0 Å². The third-order valence-electron chi connectivity index (χ3n) is 9.12. The van der Waals surface area contributed by atoms with Crippen molar-refractivity contribution in [1.29, 1.82) is 0 Å². The zero-order valence-corrected chi connectivity index (χ0v) is 23.3. The molecule has 0 saturated heterocycles. The summed E-state index contributed by atoms with van der Waals surface area (Å²) in [6.07, 6.45) is 18.3. The minimum absolute atomic E-state index is 0.0150. The Hall–Kier alpha value is -2.27. The SMILES string of the molecule is C=CCCOc1ccc(CCC2C=CC(C3CCC(C4C=CC(C(O)CCC)CC4)C(F)=C3F)CC2)c(F)c1. The van der Waals surface area contributed by atoms with E-state index in [4.69, 9.17) is 4.74 Å². The number of hydrogen-bond acceptors (Lipinski definition) is 2. The lowest BCUT2D eigenvalue weighted by atomic mass is 9.69. The Morgan fingerprint density at radius 3 is 2.21 bits per heavy atom. The van der Waals surface area contributed by atoms with E-state index in [1.54, 1.807) is 12.1 Å². The summed E-state index contributed by atoms with van der Waals surface area (Å²) < 4.78 is 50.7. The highest BCUT2D eigenvalue weighted by Crippen LogP contribution is 2.47. The Kier molecular flexibility index (Phi) is 11.0. The molecular formula is C34H45F3O2. The molecule has 5 heteroatoms. The first-order chi connectivity index (χ1) is 18.9. The summed E-state index contributed by atoms with van der Waals surface area (Å²) in [5.41, 5.74) is 0.680. The molecule has 214 valence electrons. The van der Waals surface area contributed by atoms with Gasteiger partial charge in [-0.2, -0.15) is 0 Å². The standard InChI is InChI=1S/C34H45F3O2/c1-3-5-21-39-28-18-17-26(31(35)22-28)12-9-23-7-10-24(11-8-23)29-19-20-30(34(37)33(29)36)25-13-15-27(16-14-25)32(38)6-4-2/h3,7,10,13,15,17-18,22-25,27,29-30,32,38H,1,4-6,8-9,11-12,14,16,19-21H2,2H3. The van der Waals surface area contributed by atoms with Gasteiger partial charge in [-0.25, -0.2) is 13.2 Å².